The van der Waals surface area contributed by atoms with Crippen LogP contribution in [0.5, 0.6) is 5.75 Å². The van der Waals surface area contributed by atoms with Crippen molar-refractivity contribution in [1.82, 2.24) is 0 Å². The van der Waals surface area contributed by atoms with E-state index < -0.39 is 6.04 Å². The number of hydrogen-bond donors (Lipinski definition) is 1. The fraction of sp³-hybridized carbons (Fsp3) is 0.417. The zero-order valence-corrected chi connectivity index (χ0v) is 9.78. The van der Waals surface area contributed by atoms with Crippen molar-refractivity contribution >= 4 is 11.5 Å². The van der Waals surface area contributed by atoms with E-state index in [2.05, 4.69) is 0 Å². The highest BCUT2D eigenvalue weighted by Gasteiger charge is 2.31. The van der Waals surface area contributed by atoms with E-state index in [1.54, 1.807) is 7.11 Å². The normalized spacial score (nSPS) is 19.6. The van der Waals surface area contributed by atoms with Gasteiger partial charge in [-0.25, -0.2) is 0 Å². The lowest BCUT2D eigenvalue weighted by Crippen LogP contribution is -2.46. The van der Waals surface area contributed by atoms with Crippen molar-refractivity contribution in [1.29, 1.82) is 0 Å². The Morgan fingerprint density at radius 1 is 1.50 bits per heavy atom. The van der Waals surface area contributed by atoms with Gasteiger partial charge in [-0.3, -0.25) is 4.79 Å². The highest BCUT2D eigenvalue weighted by Crippen LogP contribution is 2.36. The summed E-state index contributed by atoms with van der Waals surface area (Å²) in [7, 11) is 3.53. The number of nitrogens with zero attached hydrogens (tertiary/aromatic N) is 1. The maximum absolute atomic E-state index is 12.0. The molecule has 0 aliphatic carbocycles. The van der Waals surface area contributed by atoms with Gasteiger partial charge >= 0.3 is 0 Å². The Hall–Kier alpha value is -1.55. The zero-order valence-electron chi connectivity index (χ0n) is 9.78. The van der Waals surface area contributed by atoms with Gasteiger partial charge in [0.25, 0.3) is 0 Å². The molecular weight excluding hydrogens is 204 g/mol. The maximum atomic E-state index is 12.0. The highest BCUT2D eigenvalue weighted by molar-refractivity contribution is 6.09. The van der Waals surface area contributed by atoms with E-state index in [1.807, 2.05) is 31.0 Å². The molecule has 4 nitrogen and oxygen atoms in total. The van der Waals surface area contributed by atoms with Gasteiger partial charge in [-0.1, -0.05) is 6.07 Å². The third-order valence-electron chi connectivity index (χ3n) is 3.00. The summed E-state index contributed by atoms with van der Waals surface area (Å²) in [6.07, 6.45) is 0. The van der Waals surface area contributed by atoms with Gasteiger partial charge in [-0.05, 0) is 18.6 Å². The Morgan fingerprint density at radius 2 is 2.19 bits per heavy atom. The van der Waals surface area contributed by atoms with Gasteiger partial charge in [-0.2, -0.15) is 0 Å². The second-order valence-corrected chi connectivity index (χ2v) is 4.16. The summed E-state index contributed by atoms with van der Waals surface area (Å²) in [6, 6.07) is 3.33. The van der Waals surface area contributed by atoms with Gasteiger partial charge in [0, 0.05) is 19.2 Å². The van der Waals surface area contributed by atoms with Gasteiger partial charge in [0.2, 0.25) is 0 Å². The molecule has 0 amide bonds. The monoisotopic (exact) mass is 220 g/mol. The van der Waals surface area contributed by atoms with E-state index in [-0.39, 0.29) is 5.78 Å². The number of carbonyl (C=O) groups is 1. The quantitative estimate of drug-likeness (QED) is 0.766. The highest BCUT2D eigenvalue weighted by atomic mass is 16.5. The Labute approximate surface area is 95.0 Å². The van der Waals surface area contributed by atoms with Crippen LogP contribution >= 0.6 is 0 Å². The summed E-state index contributed by atoms with van der Waals surface area (Å²) in [5, 5.41) is 0. The van der Waals surface area contributed by atoms with Crippen molar-refractivity contribution in [3.05, 3.63) is 23.3 Å². The summed E-state index contributed by atoms with van der Waals surface area (Å²) in [5.74, 6) is 0.729. The number of carbonyl (C=O) groups excluding carboxylic acids is 1. The molecule has 0 fully saturated rings. The number of hydrogen-bond acceptors (Lipinski definition) is 4. The van der Waals surface area contributed by atoms with Crippen LogP contribution in [0.25, 0.3) is 0 Å². The van der Waals surface area contributed by atoms with Crippen molar-refractivity contribution in [2.45, 2.75) is 13.0 Å². The van der Waals surface area contributed by atoms with Crippen LogP contribution in [-0.2, 0) is 0 Å². The molecule has 1 heterocycles. The summed E-state index contributed by atoms with van der Waals surface area (Å²) in [6.45, 7) is 2.45. The number of benzene rings is 1. The smallest absolute Gasteiger partial charge is 0.183 e. The Morgan fingerprint density at radius 3 is 2.81 bits per heavy atom. The number of methoxy groups -OCH3 is 1. The number of Topliss-reactive ketones (excluding diaryl/α,β-unsaturated/α-hetero) is 1. The third kappa shape index (κ3) is 1.46. The number of rotatable bonds is 1. The van der Waals surface area contributed by atoms with Crippen molar-refractivity contribution in [2.75, 3.05) is 25.6 Å². The Kier molecular flexibility index (Phi) is 2.59. The molecule has 86 valence electrons. The summed E-state index contributed by atoms with van der Waals surface area (Å²) >= 11 is 0. The molecule has 0 aromatic heterocycles. The van der Waals surface area contributed by atoms with Crippen molar-refractivity contribution in [3.63, 3.8) is 0 Å². The SMILES string of the molecule is COc1ccc(C)c2c1N(C)CC(N)C2=O. The van der Waals surface area contributed by atoms with Crippen LogP contribution < -0.4 is 15.4 Å². The lowest BCUT2D eigenvalue weighted by Gasteiger charge is -2.32. The number of ketones is 1. The van der Waals surface area contributed by atoms with Crippen LogP contribution in [0.15, 0.2) is 12.1 Å². The minimum absolute atomic E-state index is 0.00417. The van der Waals surface area contributed by atoms with E-state index in [0.29, 0.717) is 12.1 Å². The standard InChI is InChI=1S/C12H16N2O2/c1-7-4-5-9(16-3)11-10(7)12(15)8(13)6-14(11)2/h4-5,8H,6,13H2,1-3H3. The molecule has 0 saturated heterocycles. The first-order valence-corrected chi connectivity index (χ1v) is 5.24. The number of aryl methyl sites for hydroxylation is 1. The fourth-order valence-electron chi connectivity index (χ4n) is 2.18. The number of likely N-dealkylation sites (N-methyl/N-ethyl adjacent to an activating group) is 1. The molecule has 2 N–H and O–H groups in total. The van der Waals surface area contributed by atoms with Crippen LogP contribution in [0, 0.1) is 6.92 Å². The molecule has 0 radical (unpaired) electrons. The number of anilines is 1. The third-order valence-corrected chi connectivity index (χ3v) is 3.00. The number of ether oxygens (including phenoxy) is 1. The summed E-state index contributed by atoms with van der Waals surface area (Å²) in [4.78, 5) is 14.0. The van der Waals surface area contributed by atoms with E-state index in [1.165, 1.54) is 0 Å². The van der Waals surface area contributed by atoms with Crippen LogP contribution in [0.1, 0.15) is 15.9 Å². The molecule has 1 aromatic rings. The lowest BCUT2D eigenvalue weighted by molar-refractivity contribution is 0.0957. The predicted molar refractivity (Wildman–Crippen MR) is 63.3 cm³/mol. The average molecular weight is 220 g/mol. The van der Waals surface area contributed by atoms with E-state index in [9.17, 15) is 4.79 Å². The van der Waals surface area contributed by atoms with Crippen molar-refractivity contribution in [2.24, 2.45) is 5.73 Å². The molecule has 2 rings (SSSR count). The van der Waals surface area contributed by atoms with E-state index in [0.717, 1.165) is 17.0 Å². The minimum atomic E-state index is -0.441. The Bertz CT molecular complexity index is 443. The number of nitrogens with two attached hydrogens (primary N) is 1. The van der Waals surface area contributed by atoms with Gasteiger partial charge < -0.3 is 15.4 Å². The average Bonchev–Trinajstić information content (AvgIpc) is 2.25. The lowest BCUT2D eigenvalue weighted by atomic mass is 9.93. The second-order valence-electron chi connectivity index (χ2n) is 4.16. The predicted octanol–water partition coefficient (Wildman–Crippen LogP) is 0.963. The molecule has 0 spiro atoms. The van der Waals surface area contributed by atoms with Crippen LogP contribution in [0.3, 0.4) is 0 Å². The second kappa shape index (κ2) is 3.79. The van der Waals surface area contributed by atoms with Crippen molar-refractivity contribution < 1.29 is 9.53 Å². The van der Waals surface area contributed by atoms with Crippen molar-refractivity contribution in [3.8, 4) is 5.75 Å². The molecule has 1 atom stereocenters. The minimum Gasteiger partial charge on any atom is -0.495 e. The molecule has 1 aliphatic rings. The molecule has 1 aliphatic heterocycles. The maximum Gasteiger partial charge on any atom is 0.183 e. The zero-order chi connectivity index (χ0) is 11.9. The van der Waals surface area contributed by atoms with E-state index in [4.69, 9.17) is 10.5 Å². The summed E-state index contributed by atoms with van der Waals surface area (Å²) in [5.41, 5.74) is 8.31. The number of fused-ring (bicyclic) bond motifs is 1. The first kappa shape index (κ1) is 11.0. The first-order chi connectivity index (χ1) is 7.56. The largest absolute Gasteiger partial charge is 0.495 e. The molecule has 0 saturated carbocycles. The first-order valence-electron chi connectivity index (χ1n) is 5.24. The van der Waals surface area contributed by atoms with Gasteiger partial charge in [-0.15, -0.1) is 0 Å². The molecule has 16 heavy (non-hydrogen) atoms. The van der Waals surface area contributed by atoms with E-state index >= 15 is 0 Å². The fourth-order valence-corrected chi connectivity index (χ4v) is 2.18. The van der Waals surface area contributed by atoms with Gasteiger partial charge in [0.1, 0.15) is 5.75 Å². The molecular formula is C12H16N2O2. The van der Waals surface area contributed by atoms with Crippen LogP contribution in [-0.4, -0.2) is 32.5 Å². The molecule has 1 aromatic carbocycles. The molecule has 1 unspecified atom stereocenters. The van der Waals surface area contributed by atoms with Gasteiger partial charge in [0.05, 0.1) is 18.8 Å². The Balaban J connectivity index is 2.68. The van der Waals surface area contributed by atoms with Crippen LogP contribution in [0.4, 0.5) is 5.69 Å². The summed E-state index contributed by atoms with van der Waals surface area (Å²) < 4.78 is 5.29. The molecule has 4 heteroatoms. The van der Waals surface area contributed by atoms with Gasteiger partial charge in [0.15, 0.2) is 5.78 Å². The van der Waals surface area contributed by atoms with Crippen LogP contribution in [0.2, 0.25) is 0 Å². The molecule has 0 bridgehead atoms. The topological polar surface area (TPSA) is 55.6 Å².